The largest absolute Gasteiger partial charge is 0.395 e. The fourth-order valence-corrected chi connectivity index (χ4v) is 9.18. The monoisotopic (exact) mass is 1150 g/mol. The van der Waals surface area contributed by atoms with Crippen LogP contribution in [-0.2, 0) is 52.7 Å². The summed E-state index contributed by atoms with van der Waals surface area (Å²) in [6.45, 7) is 26.1. The lowest BCUT2D eigenvalue weighted by Crippen LogP contribution is -2.66. The van der Waals surface area contributed by atoms with E-state index < -0.39 is 100 Å². The molecule has 0 bridgehead atoms. The molecular formula is C57H103N11O13. The second-order valence-corrected chi connectivity index (χ2v) is 24.3. The van der Waals surface area contributed by atoms with Crippen LogP contribution in [0.25, 0.3) is 0 Å². The van der Waals surface area contributed by atoms with Crippen molar-refractivity contribution in [2.24, 2.45) is 17.8 Å². The van der Waals surface area contributed by atoms with E-state index >= 15 is 0 Å². The third kappa shape index (κ3) is 26.8. The van der Waals surface area contributed by atoms with E-state index in [2.05, 4.69) is 53.2 Å². The molecule has 1 aliphatic heterocycles. The molecule has 0 aliphatic carbocycles. The molecule has 24 heteroatoms. The van der Waals surface area contributed by atoms with Crippen LogP contribution in [0.5, 0.6) is 0 Å². The number of likely N-dealkylation sites (tertiary alicyclic amines) is 1. The summed E-state index contributed by atoms with van der Waals surface area (Å²) in [5.74, 6) is -6.61. The summed E-state index contributed by atoms with van der Waals surface area (Å²) < 4.78 is 0. The second kappa shape index (κ2) is 35.3. The molecule has 0 saturated carbocycles. The van der Waals surface area contributed by atoms with Gasteiger partial charge >= 0.3 is 0 Å². The van der Waals surface area contributed by atoms with Gasteiger partial charge in [-0.2, -0.15) is 0 Å². The number of rotatable bonds is 38. The molecule has 1 aliphatic rings. The van der Waals surface area contributed by atoms with Gasteiger partial charge in [0.15, 0.2) is 0 Å². The Kier molecular flexibility index (Phi) is 31.9. The van der Waals surface area contributed by atoms with Gasteiger partial charge in [-0.05, 0) is 118 Å². The van der Waals surface area contributed by atoms with E-state index in [9.17, 15) is 57.8 Å². The number of carbonyl (C=O) groups is 11. The molecule has 1 fully saturated rings. The quantitative estimate of drug-likeness (QED) is 0.0385. The van der Waals surface area contributed by atoms with Crippen LogP contribution in [0.3, 0.4) is 0 Å². The first-order valence-corrected chi connectivity index (χ1v) is 29.2. The normalized spacial score (nSPS) is 16.4. The highest BCUT2D eigenvalue weighted by molar-refractivity contribution is 6.00. The van der Waals surface area contributed by atoms with Crippen molar-refractivity contribution < 1.29 is 63.0 Å². The van der Waals surface area contributed by atoms with Gasteiger partial charge in [-0.3, -0.25) is 52.7 Å². The fraction of sp³-hybridized carbons (Fsp3) is 0.807. The van der Waals surface area contributed by atoms with Gasteiger partial charge in [0.1, 0.15) is 52.6 Å². The summed E-state index contributed by atoms with van der Waals surface area (Å²) in [4.78, 5) is 150. The highest BCUT2D eigenvalue weighted by Gasteiger charge is 2.42. The van der Waals surface area contributed by atoms with Gasteiger partial charge in [0.25, 0.3) is 0 Å². The molecule has 464 valence electrons. The SMILES string of the molecule is CCCC(=O)N1CCC[C@H]1C(=O)N[C@@H](C[C@H](C)C[C@@H](O)CC(=O)CC)C(=O)NC(C)(C)C(=O)NC(C)(C)C(=O)N[C@@H](CCC)C(=O)N[C@@H](CC(C)C)C(=O)NC(C)(C)C(=O)N[C@@H](CC(C)C)C(=O)NCCC(=O)N[C@@H](C)CNCCO. The van der Waals surface area contributed by atoms with Crippen LogP contribution in [0.2, 0.25) is 0 Å². The number of nitrogens with one attached hydrogen (secondary N) is 10. The first-order valence-electron chi connectivity index (χ1n) is 29.2. The van der Waals surface area contributed by atoms with E-state index in [0.29, 0.717) is 45.3 Å². The van der Waals surface area contributed by atoms with Crippen LogP contribution in [0, 0.1) is 17.8 Å². The molecule has 0 aromatic carbocycles. The third-order valence-corrected chi connectivity index (χ3v) is 13.8. The van der Waals surface area contributed by atoms with Gasteiger partial charge in [-0.1, -0.05) is 61.8 Å². The molecule has 0 radical (unpaired) electrons. The number of nitrogens with zero attached hydrogens (tertiary/aromatic N) is 1. The maximum atomic E-state index is 14.2. The molecule has 24 nitrogen and oxygen atoms in total. The molecule has 8 atom stereocenters. The van der Waals surface area contributed by atoms with Crippen molar-refractivity contribution in [1.29, 1.82) is 0 Å². The van der Waals surface area contributed by atoms with Crippen LogP contribution in [0.15, 0.2) is 0 Å². The van der Waals surface area contributed by atoms with Gasteiger partial charge in [0.2, 0.25) is 59.1 Å². The van der Waals surface area contributed by atoms with E-state index in [0.717, 1.165) is 0 Å². The standard InChI is InChI=1S/C57H103N11O13/c1-16-20-40(48(75)61-42(29-35(6)7)49(76)65-55(10,11)52(79)64-41(28-34(4)5)47(74)59-24-23-45(72)60-37(9)33-58-25-27-69)63-53(80)56(12,13)67-54(81)57(14,15)66-50(77)43(31-36(8)30-39(71)32-38(70)18-3)62-51(78)44-22-19-26-68(44)46(73)21-17-2/h34-37,39-44,58,69,71H,16-33H2,1-15H3,(H,59,74)(H,60,72)(H,61,75)(H,62,78)(H,63,80)(H,64,79)(H,65,76)(H,66,77)(H,67,81)/t36-,37+,39-,40+,41+,42+,43+,44+/m1/s1. The minimum Gasteiger partial charge on any atom is -0.395 e. The zero-order chi connectivity index (χ0) is 62.0. The number of hydrogen-bond donors (Lipinski definition) is 12. The van der Waals surface area contributed by atoms with Crippen molar-refractivity contribution in [3.05, 3.63) is 0 Å². The number of ketones is 1. The first kappa shape index (κ1) is 73.3. The van der Waals surface area contributed by atoms with E-state index in [1.807, 2.05) is 34.6 Å². The van der Waals surface area contributed by atoms with Gasteiger partial charge in [-0.15, -0.1) is 0 Å². The minimum absolute atomic E-state index is 0.00114. The molecule has 0 aromatic rings. The molecule has 1 rings (SSSR count). The average Bonchev–Trinajstić information content (AvgIpc) is 3.94. The Morgan fingerprint density at radius 3 is 1.64 bits per heavy atom. The number of aliphatic hydroxyl groups excluding tert-OH is 2. The summed E-state index contributed by atoms with van der Waals surface area (Å²) in [5.41, 5.74) is -4.99. The van der Waals surface area contributed by atoms with Crippen LogP contribution < -0.4 is 53.2 Å². The molecule has 0 aromatic heterocycles. The molecular weight excluding hydrogens is 1050 g/mol. The third-order valence-electron chi connectivity index (χ3n) is 13.8. The minimum atomic E-state index is -1.70. The molecule has 10 amide bonds. The molecule has 0 unspecified atom stereocenters. The van der Waals surface area contributed by atoms with Crippen molar-refractivity contribution >= 4 is 64.9 Å². The lowest BCUT2D eigenvalue weighted by Gasteiger charge is -2.34. The number of carbonyl (C=O) groups excluding carboxylic acids is 11. The highest BCUT2D eigenvalue weighted by atomic mass is 16.3. The van der Waals surface area contributed by atoms with Crippen molar-refractivity contribution in [2.75, 3.05) is 32.8 Å². The topological polar surface area (TPSA) is 352 Å². The number of aliphatic hydroxyl groups is 2. The van der Waals surface area contributed by atoms with Crippen molar-refractivity contribution in [3.63, 3.8) is 0 Å². The van der Waals surface area contributed by atoms with E-state index in [4.69, 9.17) is 5.11 Å². The maximum absolute atomic E-state index is 14.2. The van der Waals surface area contributed by atoms with Crippen molar-refractivity contribution in [1.82, 2.24) is 58.1 Å². The summed E-state index contributed by atoms with van der Waals surface area (Å²) >= 11 is 0. The summed E-state index contributed by atoms with van der Waals surface area (Å²) in [5, 5.41) is 47.2. The molecule has 1 saturated heterocycles. The Bertz CT molecular complexity index is 2120. The van der Waals surface area contributed by atoms with Crippen LogP contribution in [-0.4, -0.2) is 172 Å². The molecule has 81 heavy (non-hydrogen) atoms. The van der Waals surface area contributed by atoms with Crippen LogP contribution in [0.1, 0.15) is 187 Å². The number of amides is 10. The van der Waals surface area contributed by atoms with Gasteiger partial charge in [-0.25, -0.2) is 0 Å². The zero-order valence-corrected chi connectivity index (χ0v) is 51.3. The predicted molar refractivity (Wildman–Crippen MR) is 307 cm³/mol. The number of hydrogen-bond acceptors (Lipinski definition) is 14. The summed E-state index contributed by atoms with van der Waals surface area (Å²) in [6.07, 6.45) is 2.10. The highest BCUT2D eigenvalue weighted by Crippen LogP contribution is 2.22. The van der Waals surface area contributed by atoms with Crippen molar-refractivity contribution in [2.45, 2.75) is 246 Å². The van der Waals surface area contributed by atoms with E-state index in [1.165, 1.54) is 46.4 Å². The Morgan fingerprint density at radius 1 is 0.580 bits per heavy atom. The lowest BCUT2D eigenvalue weighted by molar-refractivity contribution is -0.141. The smallest absolute Gasteiger partial charge is 0.246 e. The molecule has 12 N–H and O–H groups in total. The maximum Gasteiger partial charge on any atom is 0.246 e. The molecule has 1 heterocycles. The Balaban J connectivity index is 3.21. The fourth-order valence-electron chi connectivity index (χ4n) is 9.18. The van der Waals surface area contributed by atoms with E-state index in [-0.39, 0.29) is 112 Å². The predicted octanol–water partition coefficient (Wildman–Crippen LogP) is 1.03. The summed E-state index contributed by atoms with van der Waals surface area (Å²) in [6, 6.07) is -5.64. The lowest BCUT2D eigenvalue weighted by atomic mass is 9.92. The Hall–Kier alpha value is -5.75. The van der Waals surface area contributed by atoms with Gasteiger partial charge < -0.3 is 68.3 Å². The van der Waals surface area contributed by atoms with Crippen molar-refractivity contribution in [3.8, 4) is 0 Å². The molecule has 0 spiro atoms. The van der Waals surface area contributed by atoms with Gasteiger partial charge in [0, 0.05) is 57.9 Å². The summed E-state index contributed by atoms with van der Waals surface area (Å²) in [7, 11) is 0. The van der Waals surface area contributed by atoms with Crippen LogP contribution in [0.4, 0.5) is 0 Å². The Morgan fingerprint density at radius 2 is 1.11 bits per heavy atom. The zero-order valence-electron chi connectivity index (χ0n) is 51.3. The van der Waals surface area contributed by atoms with Gasteiger partial charge in [0.05, 0.1) is 12.7 Å². The van der Waals surface area contributed by atoms with E-state index in [1.54, 1.807) is 27.7 Å². The second-order valence-electron chi connectivity index (χ2n) is 24.3. The van der Waals surface area contributed by atoms with Crippen LogP contribution >= 0.6 is 0 Å². The average molecular weight is 1150 g/mol. The number of Topliss-reactive ketones (excluding diaryl/α,β-unsaturated/α-hetero) is 1. The Labute approximate surface area is 481 Å². The first-order chi connectivity index (χ1) is 37.6.